The summed E-state index contributed by atoms with van der Waals surface area (Å²) in [6.07, 6.45) is 0.561. The van der Waals surface area contributed by atoms with Gasteiger partial charge in [0, 0.05) is 18.7 Å². The predicted octanol–water partition coefficient (Wildman–Crippen LogP) is 4.81. The molecular weight excluding hydrogens is 400 g/mol. The number of aromatic nitrogens is 1. The summed E-state index contributed by atoms with van der Waals surface area (Å²) in [5.41, 5.74) is 0.987. The van der Waals surface area contributed by atoms with Crippen molar-refractivity contribution in [1.82, 2.24) is 4.98 Å². The second-order valence-electron chi connectivity index (χ2n) is 4.97. The fourth-order valence-electron chi connectivity index (χ4n) is 2.45. The summed E-state index contributed by atoms with van der Waals surface area (Å²) >= 11 is 23.7. The minimum atomic E-state index is -0.556. The molecule has 3 rings (SSSR count). The lowest BCUT2D eigenvalue weighted by atomic mass is 10.1. The number of hydrogen-bond donors (Lipinski definition) is 0. The van der Waals surface area contributed by atoms with E-state index in [0.29, 0.717) is 18.7 Å². The van der Waals surface area contributed by atoms with Gasteiger partial charge in [-0.25, -0.2) is 4.98 Å². The molecule has 24 heavy (non-hydrogen) atoms. The van der Waals surface area contributed by atoms with Crippen LogP contribution in [0.1, 0.15) is 16.1 Å². The first-order valence-electron chi connectivity index (χ1n) is 6.60. The van der Waals surface area contributed by atoms with Crippen molar-refractivity contribution in [3.63, 3.8) is 0 Å². The van der Waals surface area contributed by atoms with Gasteiger partial charge < -0.3 is 4.90 Å². The van der Waals surface area contributed by atoms with E-state index in [4.69, 9.17) is 46.4 Å². The third kappa shape index (κ3) is 2.80. The number of hydrogen-bond acceptors (Lipinski definition) is 4. The number of rotatable bonds is 2. The molecule has 0 radical (unpaired) electrons. The second kappa shape index (κ2) is 6.37. The molecule has 10 heteroatoms. The van der Waals surface area contributed by atoms with Crippen molar-refractivity contribution >= 4 is 63.7 Å². The lowest BCUT2D eigenvalue weighted by molar-refractivity contribution is -0.384. The number of anilines is 1. The summed E-state index contributed by atoms with van der Waals surface area (Å²) in [4.78, 5) is 28.5. The van der Waals surface area contributed by atoms with Crippen LogP contribution in [0, 0.1) is 10.1 Å². The molecule has 0 aliphatic carbocycles. The largest absolute Gasteiger partial charge is 0.306 e. The van der Waals surface area contributed by atoms with E-state index in [2.05, 4.69) is 4.98 Å². The molecule has 0 bridgehead atoms. The predicted molar refractivity (Wildman–Crippen MR) is 92.8 cm³/mol. The average molecular weight is 407 g/mol. The molecule has 0 saturated carbocycles. The van der Waals surface area contributed by atoms with Crippen LogP contribution in [0.25, 0.3) is 0 Å². The highest BCUT2D eigenvalue weighted by Gasteiger charge is 2.31. The van der Waals surface area contributed by atoms with Gasteiger partial charge in [-0.2, -0.15) is 0 Å². The van der Waals surface area contributed by atoms with Crippen LogP contribution >= 0.6 is 46.4 Å². The van der Waals surface area contributed by atoms with Crippen molar-refractivity contribution in [1.29, 1.82) is 0 Å². The molecule has 0 unspecified atom stereocenters. The van der Waals surface area contributed by atoms with Gasteiger partial charge in [-0.05, 0) is 12.0 Å². The van der Waals surface area contributed by atoms with E-state index in [1.165, 1.54) is 17.0 Å². The first kappa shape index (κ1) is 17.2. The summed E-state index contributed by atoms with van der Waals surface area (Å²) in [7, 11) is 0. The highest BCUT2D eigenvalue weighted by atomic mass is 35.5. The van der Waals surface area contributed by atoms with Crippen molar-refractivity contribution in [3.8, 4) is 0 Å². The molecule has 6 nitrogen and oxygen atoms in total. The smallest absolute Gasteiger partial charge is 0.278 e. The fraction of sp³-hybridized carbons (Fsp3) is 0.143. The molecule has 1 amide bonds. The number of carbonyl (C=O) groups is 1. The van der Waals surface area contributed by atoms with Crippen molar-refractivity contribution in [2.24, 2.45) is 0 Å². The topological polar surface area (TPSA) is 76.3 Å². The van der Waals surface area contributed by atoms with Crippen LogP contribution in [-0.4, -0.2) is 22.4 Å². The Hall–Kier alpha value is -1.60. The highest BCUT2D eigenvalue weighted by molar-refractivity contribution is 6.52. The summed E-state index contributed by atoms with van der Waals surface area (Å²) < 4.78 is 0. The summed E-state index contributed by atoms with van der Waals surface area (Å²) in [6.45, 7) is 0.338. The van der Waals surface area contributed by atoms with E-state index in [1.807, 2.05) is 0 Å². The fourth-order valence-corrected chi connectivity index (χ4v) is 3.26. The van der Waals surface area contributed by atoms with Gasteiger partial charge in [-0.1, -0.05) is 52.5 Å². The summed E-state index contributed by atoms with van der Waals surface area (Å²) in [6, 6.07) is 4.36. The van der Waals surface area contributed by atoms with Gasteiger partial charge in [0.2, 0.25) is 0 Å². The van der Waals surface area contributed by atoms with Crippen molar-refractivity contribution in [2.45, 2.75) is 6.42 Å². The third-order valence-electron chi connectivity index (χ3n) is 3.61. The Kier molecular flexibility index (Phi) is 4.57. The number of non-ortho nitro benzene ring substituents is 1. The van der Waals surface area contributed by atoms with E-state index in [-0.39, 0.29) is 31.6 Å². The number of benzene rings is 1. The normalized spacial score (nSPS) is 13.1. The van der Waals surface area contributed by atoms with Crippen LogP contribution in [0.5, 0.6) is 0 Å². The van der Waals surface area contributed by atoms with E-state index >= 15 is 0 Å². The van der Waals surface area contributed by atoms with Crippen LogP contribution in [0.3, 0.4) is 0 Å². The zero-order valence-electron chi connectivity index (χ0n) is 11.7. The minimum Gasteiger partial charge on any atom is -0.306 e. The molecular formula is C14H7Cl4N3O3. The zero-order chi connectivity index (χ0) is 17.6. The molecule has 2 aromatic rings. The van der Waals surface area contributed by atoms with E-state index in [9.17, 15) is 14.9 Å². The minimum absolute atomic E-state index is 0.0441. The summed E-state index contributed by atoms with van der Waals surface area (Å²) in [5, 5.41) is 10.6. The maximum Gasteiger partial charge on any atom is 0.278 e. The molecule has 124 valence electrons. The maximum absolute atomic E-state index is 12.8. The van der Waals surface area contributed by atoms with Crippen LogP contribution in [0.15, 0.2) is 18.2 Å². The zero-order valence-corrected chi connectivity index (χ0v) is 14.7. The van der Waals surface area contributed by atoms with Crippen LogP contribution < -0.4 is 4.90 Å². The van der Waals surface area contributed by atoms with Crippen molar-refractivity contribution in [3.05, 3.63) is 59.8 Å². The third-order valence-corrected chi connectivity index (χ3v) is 5.29. The molecule has 0 fully saturated rings. The number of amides is 1. The molecule has 1 aliphatic rings. The monoisotopic (exact) mass is 405 g/mol. The lowest BCUT2D eigenvalue weighted by Gasteiger charge is -2.18. The van der Waals surface area contributed by atoms with Crippen LogP contribution in [0.4, 0.5) is 11.4 Å². The van der Waals surface area contributed by atoms with Gasteiger partial charge in [0.15, 0.2) is 5.69 Å². The van der Waals surface area contributed by atoms with Gasteiger partial charge in [-0.3, -0.25) is 14.9 Å². The Morgan fingerprint density at radius 1 is 1.17 bits per heavy atom. The first-order chi connectivity index (χ1) is 11.3. The van der Waals surface area contributed by atoms with E-state index < -0.39 is 10.8 Å². The summed E-state index contributed by atoms with van der Waals surface area (Å²) in [5.74, 6) is -0.556. The maximum atomic E-state index is 12.8. The second-order valence-corrected chi connectivity index (χ2v) is 6.46. The van der Waals surface area contributed by atoms with E-state index in [1.54, 1.807) is 6.07 Å². The molecule has 0 saturated heterocycles. The number of pyridine rings is 1. The molecule has 0 N–H and O–H groups in total. The number of nitrogens with zero attached hydrogens (tertiary/aromatic N) is 3. The standard InChI is InChI=1S/C14H7Cl4N3O3/c15-9-10(16)12(19-13(18)11(9)17)14(22)20-4-3-6-1-2-7(21(23)24)5-8(6)20/h1-2,5H,3-4H2. The molecule has 0 spiro atoms. The SMILES string of the molecule is O=C(c1nc(Cl)c(Cl)c(Cl)c1Cl)N1CCc2ccc([N+](=O)[O-])cc21. The Balaban J connectivity index is 2.06. The number of halogens is 4. The Morgan fingerprint density at radius 3 is 2.54 bits per heavy atom. The highest BCUT2D eigenvalue weighted by Crippen LogP contribution is 2.38. The van der Waals surface area contributed by atoms with Gasteiger partial charge >= 0.3 is 0 Å². The van der Waals surface area contributed by atoms with Gasteiger partial charge in [0.1, 0.15) is 5.15 Å². The Labute approximate surface area is 156 Å². The lowest BCUT2D eigenvalue weighted by Crippen LogP contribution is -2.30. The van der Waals surface area contributed by atoms with Crippen molar-refractivity contribution in [2.75, 3.05) is 11.4 Å². The number of nitro benzene ring substituents is 1. The average Bonchev–Trinajstić information content (AvgIpc) is 2.98. The van der Waals surface area contributed by atoms with Crippen LogP contribution in [0.2, 0.25) is 20.2 Å². The van der Waals surface area contributed by atoms with Gasteiger partial charge in [-0.15, -0.1) is 0 Å². The Morgan fingerprint density at radius 2 is 1.88 bits per heavy atom. The quantitative estimate of drug-likeness (QED) is 0.407. The Bertz CT molecular complexity index is 888. The number of fused-ring (bicyclic) bond motifs is 1. The number of carbonyl (C=O) groups excluding carboxylic acids is 1. The molecule has 1 aliphatic heterocycles. The molecule has 2 heterocycles. The van der Waals surface area contributed by atoms with E-state index in [0.717, 1.165) is 5.56 Å². The van der Waals surface area contributed by atoms with Crippen molar-refractivity contribution < 1.29 is 9.72 Å². The first-order valence-corrected chi connectivity index (χ1v) is 8.11. The van der Waals surface area contributed by atoms with Gasteiger partial charge in [0.25, 0.3) is 11.6 Å². The molecule has 1 aromatic carbocycles. The molecule has 0 atom stereocenters. The van der Waals surface area contributed by atoms with Gasteiger partial charge in [0.05, 0.1) is 25.7 Å². The van der Waals surface area contributed by atoms with Crippen LogP contribution in [-0.2, 0) is 6.42 Å². The number of nitro groups is 1. The molecule has 1 aromatic heterocycles.